The Labute approximate surface area is 125 Å². The van der Waals surface area contributed by atoms with Crippen LogP contribution in [0.25, 0.3) is 0 Å². The smallest absolute Gasteiger partial charge is 0.244 e. The molecule has 1 aliphatic carbocycles. The van der Waals surface area contributed by atoms with Crippen LogP contribution in [0, 0.1) is 5.41 Å². The highest BCUT2D eigenvalue weighted by Gasteiger charge is 2.23. The van der Waals surface area contributed by atoms with Gasteiger partial charge in [0.15, 0.2) is 0 Å². The van der Waals surface area contributed by atoms with E-state index in [-0.39, 0.29) is 18.4 Å². The third-order valence-corrected chi connectivity index (χ3v) is 3.70. The highest BCUT2D eigenvalue weighted by Crippen LogP contribution is 2.31. The van der Waals surface area contributed by atoms with Crippen molar-refractivity contribution in [3.63, 3.8) is 0 Å². The molecule has 0 unspecified atom stereocenters. The van der Waals surface area contributed by atoms with Gasteiger partial charge in [0.1, 0.15) is 5.82 Å². The summed E-state index contributed by atoms with van der Waals surface area (Å²) in [5.41, 5.74) is -0.494. The fourth-order valence-electron chi connectivity index (χ4n) is 2.47. The summed E-state index contributed by atoms with van der Waals surface area (Å²) in [7, 11) is 0. The number of nitrogens with one attached hydrogen (secondary N) is 2. The van der Waals surface area contributed by atoms with Crippen molar-refractivity contribution in [2.75, 3.05) is 11.9 Å². The molecule has 1 aromatic rings. The average molecular weight is 292 g/mol. The van der Waals surface area contributed by atoms with Crippen molar-refractivity contribution in [2.24, 2.45) is 5.41 Å². The monoisotopic (exact) mass is 292 g/mol. The molecule has 1 aromatic heterocycles. The van der Waals surface area contributed by atoms with Crippen molar-refractivity contribution < 1.29 is 9.59 Å². The molecule has 0 spiro atoms. The molecule has 0 bridgehead atoms. The second kappa shape index (κ2) is 6.28. The predicted molar refractivity (Wildman–Crippen MR) is 80.8 cm³/mol. The predicted octanol–water partition coefficient (Wildman–Crippen LogP) is 2.10. The second-order valence-corrected chi connectivity index (χ2v) is 6.58. The zero-order valence-corrected chi connectivity index (χ0v) is 13.0. The van der Waals surface area contributed by atoms with Crippen LogP contribution in [0.15, 0.2) is 12.3 Å². The van der Waals surface area contributed by atoms with Gasteiger partial charge in [-0.2, -0.15) is 5.10 Å². The number of aromatic nitrogens is 2. The lowest BCUT2D eigenvalue weighted by Gasteiger charge is -2.18. The van der Waals surface area contributed by atoms with E-state index in [9.17, 15) is 9.59 Å². The summed E-state index contributed by atoms with van der Waals surface area (Å²) < 4.78 is 1.89. The molecular weight excluding hydrogens is 268 g/mol. The van der Waals surface area contributed by atoms with Crippen LogP contribution in [-0.4, -0.2) is 28.1 Å². The van der Waals surface area contributed by atoms with Gasteiger partial charge in [0, 0.05) is 11.5 Å². The van der Waals surface area contributed by atoms with Gasteiger partial charge in [0.05, 0.1) is 18.8 Å². The van der Waals surface area contributed by atoms with Crippen LogP contribution in [0.5, 0.6) is 0 Å². The molecule has 1 aliphatic rings. The SMILES string of the molecule is CC(C)(C)C(=O)NCC(=O)Nc1ccnn1C1CCCC1. The van der Waals surface area contributed by atoms with Gasteiger partial charge in [-0.3, -0.25) is 9.59 Å². The lowest BCUT2D eigenvalue weighted by atomic mass is 9.96. The molecule has 1 heterocycles. The van der Waals surface area contributed by atoms with Crippen LogP contribution in [0.1, 0.15) is 52.5 Å². The minimum Gasteiger partial charge on any atom is -0.347 e. The molecule has 2 amide bonds. The van der Waals surface area contributed by atoms with E-state index in [0.29, 0.717) is 11.9 Å². The van der Waals surface area contributed by atoms with Gasteiger partial charge in [-0.1, -0.05) is 33.6 Å². The molecule has 6 heteroatoms. The van der Waals surface area contributed by atoms with E-state index in [1.165, 1.54) is 12.8 Å². The van der Waals surface area contributed by atoms with Gasteiger partial charge in [0.2, 0.25) is 11.8 Å². The van der Waals surface area contributed by atoms with Crippen molar-refractivity contribution >= 4 is 17.6 Å². The topological polar surface area (TPSA) is 76.0 Å². The largest absolute Gasteiger partial charge is 0.347 e. The number of hydrogen-bond donors (Lipinski definition) is 2. The zero-order chi connectivity index (χ0) is 15.5. The molecule has 6 nitrogen and oxygen atoms in total. The quantitative estimate of drug-likeness (QED) is 0.892. The van der Waals surface area contributed by atoms with Gasteiger partial charge >= 0.3 is 0 Å². The Morgan fingerprint density at radius 2 is 2.00 bits per heavy atom. The van der Waals surface area contributed by atoms with E-state index in [2.05, 4.69) is 15.7 Å². The summed E-state index contributed by atoms with van der Waals surface area (Å²) in [6, 6.07) is 2.17. The molecule has 2 rings (SSSR count). The maximum atomic E-state index is 11.9. The van der Waals surface area contributed by atoms with E-state index in [0.717, 1.165) is 12.8 Å². The Morgan fingerprint density at radius 1 is 1.33 bits per heavy atom. The number of amides is 2. The molecule has 0 radical (unpaired) electrons. The summed E-state index contributed by atoms with van der Waals surface area (Å²) in [4.78, 5) is 23.7. The zero-order valence-electron chi connectivity index (χ0n) is 13.0. The van der Waals surface area contributed by atoms with Gasteiger partial charge in [0.25, 0.3) is 0 Å². The van der Waals surface area contributed by atoms with Crippen molar-refractivity contribution in [3.05, 3.63) is 12.3 Å². The maximum absolute atomic E-state index is 11.9. The lowest BCUT2D eigenvalue weighted by Crippen LogP contribution is -2.39. The molecule has 1 saturated carbocycles. The lowest BCUT2D eigenvalue weighted by molar-refractivity contribution is -0.130. The number of anilines is 1. The minimum atomic E-state index is -0.494. The average Bonchev–Trinajstić information content (AvgIpc) is 3.04. The van der Waals surface area contributed by atoms with Crippen LogP contribution < -0.4 is 10.6 Å². The van der Waals surface area contributed by atoms with Crippen molar-refractivity contribution in [2.45, 2.75) is 52.5 Å². The minimum absolute atomic E-state index is 0.0219. The molecule has 0 aromatic carbocycles. The van der Waals surface area contributed by atoms with E-state index >= 15 is 0 Å². The highest BCUT2D eigenvalue weighted by atomic mass is 16.2. The van der Waals surface area contributed by atoms with Crippen LogP contribution in [0.4, 0.5) is 5.82 Å². The van der Waals surface area contributed by atoms with Crippen molar-refractivity contribution in [1.29, 1.82) is 0 Å². The Hall–Kier alpha value is -1.85. The Morgan fingerprint density at radius 3 is 2.62 bits per heavy atom. The first-order chi connectivity index (χ1) is 9.88. The first-order valence-electron chi connectivity index (χ1n) is 7.49. The van der Waals surface area contributed by atoms with E-state index in [1.807, 2.05) is 25.5 Å². The Kier molecular flexibility index (Phi) is 4.65. The summed E-state index contributed by atoms with van der Waals surface area (Å²) in [5.74, 6) is 0.339. The standard InChI is InChI=1S/C15H24N4O2/c1-15(2,3)14(21)16-10-13(20)18-12-8-9-17-19(12)11-6-4-5-7-11/h8-9,11H,4-7,10H2,1-3H3,(H,16,21)(H,18,20). The number of carbonyl (C=O) groups is 2. The Bertz CT molecular complexity index is 510. The fraction of sp³-hybridized carbons (Fsp3) is 0.667. The van der Waals surface area contributed by atoms with Gasteiger partial charge in [-0.05, 0) is 12.8 Å². The van der Waals surface area contributed by atoms with Gasteiger partial charge in [-0.15, -0.1) is 0 Å². The third kappa shape index (κ3) is 4.06. The maximum Gasteiger partial charge on any atom is 0.244 e. The summed E-state index contributed by atoms with van der Waals surface area (Å²) in [6.45, 7) is 5.42. The molecule has 0 aliphatic heterocycles. The van der Waals surface area contributed by atoms with E-state index in [1.54, 1.807) is 12.3 Å². The first-order valence-corrected chi connectivity index (χ1v) is 7.49. The molecule has 0 saturated heterocycles. The summed E-state index contributed by atoms with van der Waals surface area (Å²) in [5, 5.41) is 9.76. The molecule has 1 fully saturated rings. The second-order valence-electron chi connectivity index (χ2n) is 6.58. The molecular formula is C15H24N4O2. The van der Waals surface area contributed by atoms with E-state index in [4.69, 9.17) is 0 Å². The molecule has 21 heavy (non-hydrogen) atoms. The van der Waals surface area contributed by atoms with Crippen molar-refractivity contribution in [3.8, 4) is 0 Å². The van der Waals surface area contributed by atoms with Crippen LogP contribution >= 0.6 is 0 Å². The summed E-state index contributed by atoms with van der Waals surface area (Å²) >= 11 is 0. The number of rotatable bonds is 4. The number of nitrogens with zero attached hydrogens (tertiary/aromatic N) is 2. The molecule has 0 atom stereocenters. The molecule has 2 N–H and O–H groups in total. The van der Waals surface area contributed by atoms with Gasteiger partial charge in [-0.25, -0.2) is 4.68 Å². The van der Waals surface area contributed by atoms with E-state index < -0.39 is 5.41 Å². The first kappa shape index (κ1) is 15.5. The van der Waals surface area contributed by atoms with Crippen LogP contribution in [0.2, 0.25) is 0 Å². The van der Waals surface area contributed by atoms with Crippen LogP contribution in [-0.2, 0) is 9.59 Å². The Balaban J connectivity index is 1.89. The highest BCUT2D eigenvalue weighted by molar-refractivity contribution is 5.94. The third-order valence-electron chi connectivity index (χ3n) is 3.70. The number of hydrogen-bond acceptors (Lipinski definition) is 3. The molecule has 116 valence electrons. The van der Waals surface area contributed by atoms with Crippen molar-refractivity contribution in [1.82, 2.24) is 15.1 Å². The van der Waals surface area contributed by atoms with Crippen LogP contribution in [0.3, 0.4) is 0 Å². The number of carbonyl (C=O) groups excluding carboxylic acids is 2. The fourth-order valence-corrected chi connectivity index (χ4v) is 2.47. The normalized spacial score (nSPS) is 16.0. The van der Waals surface area contributed by atoms with Gasteiger partial charge < -0.3 is 10.6 Å². The summed E-state index contributed by atoms with van der Waals surface area (Å²) in [6.07, 6.45) is 6.32.